The van der Waals surface area contributed by atoms with Crippen LogP contribution in [0.5, 0.6) is 5.75 Å². The van der Waals surface area contributed by atoms with Crippen LogP contribution in [0.4, 0.5) is 0 Å². The lowest BCUT2D eigenvalue weighted by Gasteiger charge is -2.17. The van der Waals surface area contributed by atoms with E-state index in [2.05, 4.69) is 4.98 Å². The fraction of sp³-hybridized carbons (Fsp3) is 0.241. The summed E-state index contributed by atoms with van der Waals surface area (Å²) in [7, 11) is 0. The quantitative estimate of drug-likeness (QED) is 0.229. The number of nitrogens with zero attached hydrogens (tertiary/aromatic N) is 1. The molecule has 0 spiro atoms. The predicted octanol–water partition coefficient (Wildman–Crippen LogP) is 6.81. The summed E-state index contributed by atoms with van der Waals surface area (Å²) in [5, 5.41) is 0.596. The summed E-state index contributed by atoms with van der Waals surface area (Å²) in [6, 6.07) is 25.0. The Balaban J connectivity index is 1.36. The molecule has 6 heteroatoms. The van der Waals surface area contributed by atoms with E-state index >= 15 is 0 Å². The highest BCUT2D eigenvalue weighted by atomic mass is 35.5. The fourth-order valence-corrected chi connectivity index (χ4v) is 4.09. The van der Waals surface area contributed by atoms with Crippen LogP contribution >= 0.6 is 11.6 Å². The number of aryl methyl sites for hydroxylation is 1. The zero-order valence-corrected chi connectivity index (χ0v) is 20.6. The fourth-order valence-electron chi connectivity index (χ4n) is 3.89. The van der Waals surface area contributed by atoms with E-state index in [-0.39, 0.29) is 5.97 Å². The molecule has 0 saturated carbocycles. The van der Waals surface area contributed by atoms with Crippen molar-refractivity contribution in [2.24, 2.45) is 0 Å². The predicted molar refractivity (Wildman–Crippen MR) is 137 cm³/mol. The molecule has 1 aromatic heterocycles. The minimum Gasteiger partial charge on any atom is -0.493 e. The number of hydrogen-bond acceptors (Lipinski definition) is 5. The highest BCUT2D eigenvalue weighted by Crippen LogP contribution is 2.26. The molecule has 3 aromatic carbocycles. The number of benzene rings is 3. The molecule has 0 aliphatic carbocycles. The Morgan fingerprint density at radius 3 is 2.51 bits per heavy atom. The first-order valence-electron chi connectivity index (χ1n) is 11.7. The molecule has 1 unspecified atom stereocenters. The van der Waals surface area contributed by atoms with E-state index in [1.54, 1.807) is 6.07 Å². The van der Waals surface area contributed by atoms with Gasteiger partial charge >= 0.3 is 5.97 Å². The van der Waals surface area contributed by atoms with Crippen LogP contribution in [0.3, 0.4) is 0 Å². The number of aromatic nitrogens is 1. The molecule has 0 saturated heterocycles. The second-order valence-electron chi connectivity index (χ2n) is 8.19. The molecule has 5 nitrogen and oxygen atoms in total. The van der Waals surface area contributed by atoms with Crippen molar-refractivity contribution in [1.29, 1.82) is 0 Å². The maximum Gasteiger partial charge on any atom is 0.313 e. The topological polar surface area (TPSA) is 61.6 Å². The summed E-state index contributed by atoms with van der Waals surface area (Å²) < 4.78 is 17.1. The van der Waals surface area contributed by atoms with Gasteiger partial charge in [-0.3, -0.25) is 4.79 Å². The van der Waals surface area contributed by atoms with Crippen LogP contribution < -0.4 is 4.74 Å². The number of hydrogen-bond donors (Lipinski definition) is 0. The molecule has 1 heterocycles. The van der Waals surface area contributed by atoms with E-state index < -0.39 is 5.92 Å². The largest absolute Gasteiger partial charge is 0.493 e. The van der Waals surface area contributed by atoms with E-state index in [0.717, 1.165) is 33.9 Å². The third-order valence-electron chi connectivity index (χ3n) is 5.71. The average molecular weight is 490 g/mol. The van der Waals surface area contributed by atoms with Crippen molar-refractivity contribution in [3.63, 3.8) is 0 Å². The molecule has 4 aromatic rings. The number of esters is 1. The zero-order chi connectivity index (χ0) is 24.6. The molecule has 1 atom stereocenters. The van der Waals surface area contributed by atoms with Crippen LogP contribution in [0.2, 0.25) is 5.02 Å². The van der Waals surface area contributed by atoms with Gasteiger partial charge in [0.15, 0.2) is 0 Å². The molecular formula is C29H28ClNO4. The van der Waals surface area contributed by atoms with Crippen LogP contribution in [0.25, 0.3) is 11.5 Å². The molecule has 0 aliphatic heterocycles. The Morgan fingerprint density at radius 1 is 1.03 bits per heavy atom. The zero-order valence-electron chi connectivity index (χ0n) is 19.9. The first-order chi connectivity index (χ1) is 17.0. The molecule has 35 heavy (non-hydrogen) atoms. The highest BCUT2D eigenvalue weighted by molar-refractivity contribution is 6.30. The van der Waals surface area contributed by atoms with Crippen molar-refractivity contribution in [3.8, 4) is 17.2 Å². The minimum absolute atomic E-state index is 0.257. The van der Waals surface area contributed by atoms with Gasteiger partial charge in [0.05, 0.1) is 24.8 Å². The molecular weight excluding hydrogens is 462 g/mol. The van der Waals surface area contributed by atoms with Crippen molar-refractivity contribution < 1.29 is 18.7 Å². The summed E-state index contributed by atoms with van der Waals surface area (Å²) in [5.41, 5.74) is 3.70. The van der Waals surface area contributed by atoms with Crippen molar-refractivity contribution in [2.45, 2.75) is 32.6 Å². The van der Waals surface area contributed by atoms with Crippen LogP contribution in [0, 0.1) is 6.92 Å². The van der Waals surface area contributed by atoms with E-state index in [1.807, 2.05) is 86.6 Å². The van der Waals surface area contributed by atoms with Crippen LogP contribution in [-0.2, 0) is 22.4 Å². The summed E-state index contributed by atoms with van der Waals surface area (Å²) in [5.74, 6) is 1.50. The average Bonchev–Trinajstić information content (AvgIpc) is 3.24. The lowest BCUT2D eigenvalue weighted by atomic mass is 9.92. The number of carbonyl (C=O) groups excluding carboxylic acids is 1. The standard InChI is InChI=1S/C29H28ClNO4/c1-3-33-29(32)26(23-10-7-11-24(30)19-23)18-21-12-14-25(15-13-21)34-17-16-27-20(2)35-28(31-27)22-8-5-4-6-9-22/h4-15,19,26H,3,16-18H2,1-2H3. The molecule has 0 bridgehead atoms. The second kappa shape index (κ2) is 11.7. The number of halogens is 1. The maximum absolute atomic E-state index is 12.6. The Labute approximate surface area is 210 Å². The number of oxazole rings is 1. The summed E-state index contributed by atoms with van der Waals surface area (Å²) >= 11 is 6.15. The van der Waals surface area contributed by atoms with Gasteiger partial charge in [-0.1, -0.05) is 54.1 Å². The second-order valence-corrected chi connectivity index (χ2v) is 8.63. The monoisotopic (exact) mass is 489 g/mol. The molecule has 180 valence electrons. The van der Waals surface area contributed by atoms with E-state index in [1.165, 1.54) is 0 Å². The van der Waals surface area contributed by atoms with Crippen LogP contribution in [0.1, 0.15) is 35.4 Å². The van der Waals surface area contributed by atoms with Gasteiger partial charge in [0.2, 0.25) is 5.89 Å². The highest BCUT2D eigenvalue weighted by Gasteiger charge is 2.23. The van der Waals surface area contributed by atoms with Crippen molar-refractivity contribution in [2.75, 3.05) is 13.2 Å². The van der Waals surface area contributed by atoms with Crippen molar-refractivity contribution >= 4 is 17.6 Å². The van der Waals surface area contributed by atoms with E-state index in [4.69, 9.17) is 25.5 Å². The van der Waals surface area contributed by atoms with Crippen molar-refractivity contribution in [1.82, 2.24) is 4.98 Å². The van der Waals surface area contributed by atoms with Gasteiger partial charge < -0.3 is 13.9 Å². The Kier molecular flexibility index (Phi) is 8.22. The van der Waals surface area contributed by atoms with E-state index in [0.29, 0.717) is 37.0 Å². The lowest BCUT2D eigenvalue weighted by Crippen LogP contribution is -2.18. The van der Waals surface area contributed by atoms with Gasteiger partial charge in [0.1, 0.15) is 11.5 Å². The molecule has 0 fully saturated rings. The summed E-state index contributed by atoms with van der Waals surface area (Å²) in [6.07, 6.45) is 1.16. The summed E-state index contributed by atoms with van der Waals surface area (Å²) in [6.45, 7) is 4.54. The van der Waals surface area contributed by atoms with Gasteiger partial charge in [-0.05, 0) is 67.8 Å². The van der Waals surface area contributed by atoms with Gasteiger partial charge in [0.25, 0.3) is 0 Å². The SMILES string of the molecule is CCOC(=O)C(Cc1ccc(OCCc2nc(-c3ccccc3)oc2C)cc1)c1cccc(Cl)c1. The van der Waals surface area contributed by atoms with Gasteiger partial charge in [-0.25, -0.2) is 4.98 Å². The van der Waals surface area contributed by atoms with Crippen LogP contribution in [0.15, 0.2) is 83.3 Å². The first-order valence-corrected chi connectivity index (χ1v) is 12.1. The molecule has 0 aliphatic rings. The maximum atomic E-state index is 12.6. The summed E-state index contributed by atoms with van der Waals surface area (Å²) in [4.78, 5) is 17.2. The van der Waals surface area contributed by atoms with Gasteiger partial charge in [-0.15, -0.1) is 0 Å². The molecule has 0 radical (unpaired) electrons. The Morgan fingerprint density at radius 2 is 1.80 bits per heavy atom. The number of ether oxygens (including phenoxy) is 2. The van der Waals surface area contributed by atoms with Crippen molar-refractivity contribution in [3.05, 3.63) is 106 Å². The third-order valence-corrected chi connectivity index (χ3v) is 5.94. The number of carbonyl (C=O) groups is 1. The van der Waals surface area contributed by atoms with Gasteiger partial charge in [-0.2, -0.15) is 0 Å². The van der Waals surface area contributed by atoms with Crippen LogP contribution in [-0.4, -0.2) is 24.2 Å². The number of rotatable bonds is 10. The first kappa shape index (κ1) is 24.6. The molecule has 0 N–H and O–H groups in total. The Bertz CT molecular complexity index is 1250. The Hall–Kier alpha value is -3.57. The normalized spacial score (nSPS) is 11.7. The minimum atomic E-state index is -0.422. The van der Waals surface area contributed by atoms with E-state index in [9.17, 15) is 4.79 Å². The third kappa shape index (κ3) is 6.52. The smallest absolute Gasteiger partial charge is 0.313 e. The van der Waals surface area contributed by atoms with Gasteiger partial charge in [0, 0.05) is 17.0 Å². The molecule has 0 amide bonds. The molecule has 4 rings (SSSR count). The lowest BCUT2D eigenvalue weighted by molar-refractivity contribution is -0.144.